The second-order valence-electron chi connectivity index (χ2n) is 7.27. The third-order valence-electron chi connectivity index (χ3n) is 5.39. The lowest BCUT2D eigenvalue weighted by Crippen LogP contribution is -2.65. The first-order valence-corrected chi connectivity index (χ1v) is 7.29. The number of ether oxygens (including phenoxy) is 1. The van der Waals surface area contributed by atoms with Crippen molar-refractivity contribution in [2.45, 2.75) is 76.7 Å². The van der Waals surface area contributed by atoms with Crippen LogP contribution in [0, 0.1) is 5.92 Å². The number of hydrogen-bond acceptors (Lipinski definition) is 3. The van der Waals surface area contributed by atoms with E-state index in [0.29, 0.717) is 12.0 Å². The topological polar surface area (TPSA) is 32.7 Å². The fourth-order valence-corrected chi connectivity index (χ4v) is 3.85. The Balaban J connectivity index is 2.13. The predicted molar refractivity (Wildman–Crippen MR) is 73.6 cm³/mol. The molecule has 0 saturated carbocycles. The van der Waals surface area contributed by atoms with E-state index in [2.05, 4.69) is 39.6 Å². The zero-order chi connectivity index (χ0) is 13.6. The van der Waals surface area contributed by atoms with Gasteiger partial charge in [-0.2, -0.15) is 0 Å². The average molecular weight is 255 g/mol. The Bertz CT molecular complexity index is 295. The third kappa shape index (κ3) is 2.45. The van der Waals surface area contributed by atoms with Crippen LogP contribution in [0.3, 0.4) is 0 Å². The van der Waals surface area contributed by atoms with Crippen LogP contribution >= 0.6 is 0 Å². The Kier molecular flexibility index (Phi) is 3.79. The van der Waals surface area contributed by atoms with Gasteiger partial charge >= 0.3 is 0 Å². The van der Waals surface area contributed by atoms with Crippen molar-refractivity contribution in [3.63, 3.8) is 0 Å². The Morgan fingerprint density at radius 3 is 2.50 bits per heavy atom. The zero-order valence-electron chi connectivity index (χ0n) is 12.6. The molecular formula is C15H29NO2. The molecule has 2 aliphatic heterocycles. The molecule has 3 nitrogen and oxygen atoms in total. The first kappa shape index (κ1) is 14.3. The van der Waals surface area contributed by atoms with Gasteiger partial charge < -0.3 is 9.84 Å². The summed E-state index contributed by atoms with van der Waals surface area (Å²) in [6, 6.07) is 0. The molecule has 0 aliphatic carbocycles. The highest BCUT2D eigenvalue weighted by atomic mass is 16.5. The molecule has 18 heavy (non-hydrogen) atoms. The molecule has 1 N–H and O–H groups in total. The van der Waals surface area contributed by atoms with Gasteiger partial charge in [-0.1, -0.05) is 0 Å². The predicted octanol–water partition coefficient (Wildman–Crippen LogP) is 2.43. The van der Waals surface area contributed by atoms with E-state index in [1.807, 2.05) is 0 Å². The Hall–Kier alpha value is -0.120. The van der Waals surface area contributed by atoms with Crippen molar-refractivity contribution >= 4 is 0 Å². The normalized spacial score (nSPS) is 40.0. The van der Waals surface area contributed by atoms with E-state index in [4.69, 9.17) is 4.74 Å². The molecule has 0 aromatic carbocycles. The van der Waals surface area contributed by atoms with Crippen molar-refractivity contribution in [1.29, 1.82) is 0 Å². The Labute approximate surface area is 112 Å². The second-order valence-corrected chi connectivity index (χ2v) is 7.27. The fourth-order valence-electron chi connectivity index (χ4n) is 3.85. The average Bonchev–Trinajstić information content (AvgIpc) is 2.74. The van der Waals surface area contributed by atoms with E-state index in [9.17, 15) is 5.11 Å². The molecule has 0 spiro atoms. The summed E-state index contributed by atoms with van der Waals surface area (Å²) in [6.07, 6.45) is 4.33. The van der Waals surface area contributed by atoms with E-state index >= 15 is 0 Å². The largest absolute Gasteiger partial charge is 0.393 e. The van der Waals surface area contributed by atoms with Crippen LogP contribution in [0.1, 0.15) is 53.4 Å². The summed E-state index contributed by atoms with van der Waals surface area (Å²) in [5.74, 6) is 0.304. The summed E-state index contributed by atoms with van der Waals surface area (Å²) < 4.78 is 5.75. The van der Waals surface area contributed by atoms with Crippen molar-refractivity contribution in [3.8, 4) is 0 Å². The van der Waals surface area contributed by atoms with Crippen LogP contribution in [0.25, 0.3) is 0 Å². The molecule has 106 valence electrons. The molecule has 3 atom stereocenters. The molecule has 3 heteroatoms. The molecule has 2 saturated heterocycles. The molecule has 0 aromatic rings. The van der Waals surface area contributed by atoms with Gasteiger partial charge in [-0.15, -0.1) is 0 Å². The van der Waals surface area contributed by atoms with Crippen molar-refractivity contribution in [2.24, 2.45) is 5.92 Å². The quantitative estimate of drug-likeness (QED) is 0.822. The van der Waals surface area contributed by atoms with Crippen molar-refractivity contribution in [2.75, 3.05) is 13.7 Å². The van der Waals surface area contributed by atoms with Gasteiger partial charge in [-0.25, -0.2) is 0 Å². The lowest BCUT2D eigenvalue weighted by atomic mass is 9.69. The van der Waals surface area contributed by atoms with Crippen LogP contribution in [0.4, 0.5) is 0 Å². The van der Waals surface area contributed by atoms with Crippen molar-refractivity contribution in [1.82, 2.24) is 4.90 Å². The maximum absolute atomic E-state index is 10.5. The lowest BCUT2D eigenvalue weighted by Gasteiger charge is -2.57. The smallest absolute Gasteiger partial charge is 0.0604 e. The van der Waals surface area contributed by atoms with E-state index in [-0.39, 0.29) is 17.2 Å². The molecule has 2 aliphatic rings. The molecule has 0 amide bonds. The molecular weight excluding hydrogens is 226 g/mol. The molecule has 0 aromatic heterocycles. The highest BCUT2D eigenvalue weighted by molar-refractivity contribution is 5.04. The number of nitrogens with zero attached hydrogens (tertiary/aromatic N) is 1. The molecule has 2 fully saturated rings. The van der Waals surface area contributed by atoms with Gasteiger partial charge in [0.05, 0.1) is 12.2 Å². The van der Waals surface area contributed by atoms with Gasteiger partial charge in [0, 0.05) is 23.6 Å². The van der Waals surface area contributed by atoms with E-state index in [1.54, 1.807) is 0 Å². The maximum atomic E-state index is 10.5. The summed E-state index contributed by atoms with van der Waals surface area (Å²) >= 11 is 0. The van der Waals surface area contributed by atoms with Crippen LogP contribution in [-0.4, -0.2) is 46.9 Å². The van der Waals surface area contributed by atoms with E-state index in [0.717, 1.165) is 25.9 Å². The summed E-state index contributed by atoms with van der Waals surface area (Å²) in [7, 11) is 2.19. The Morgan fingerprint density at radius 2 is 1.94 bits per heavy atom. The minimum absolute atomic E-state index is 0.0209. The van der Waals surface area contributed by atoms with Gasteiger partial charge in [0.15, 0.2) is 0 Å². The summed E-state index contributed by atoms with van der Waals surface area (Å²) in [5, 5.41) is 10.5. The number of rotatable bonds is 2. The van der Waals surface area contributed by atoms with Gasteiger partial charge in [0.25, 0.3) is 0 Å². The van der Waals surface area contributed by atoms with E-state index < -0.39 is 0 Å². The highest BCUT2D eigenvalue weighted by Crippen LogP contribution is 2.43. The minimum atomic E-state index is -0.213. The van der Waals surface area contributed by atoms with Gasteiger partial charge in [0.1, 0.15) is 0 Å². The SMILES string of the molecule is CN1C(C)(C)CC(O)C(CC2CCCO2)C1(C)C. The number of aliphatic hydroxyl groups excluding tert-OH is 1. The van der Waals surface area contributed by atoms with Crippen LogP contribution in [0.15, 0.2) is 0 Å². The van der Waals surface area contributed by atoms with E-state index in [1.165, 1.54) is 6.42 Å². The van der Waals surface area contributed by atoms with Crippen LogP contribution in [0.5, 0.6) is 0 Å². The molecule has 0 radical (unpaired) electrons. The first-order chi connectivity index (χ1) is 8.25. The molecule has 0 bridgehead atoms. The number of piperidine rings is 1. The Morgan fingerprint density at radius 1 is 1.28 bits per heavy atom. The lowest BCUT2D eigenvalue weighted by molar-refractivity contribution is -0.123. The van der Waals surface area contributed by atoms with Crippen molar-refractivity contribution < 1.29 is 9.84 Å². The van der Waals surface area contributed by atoms with Crippen molar-refractivity contribution in [3.05, 3.63) is 0 Å². The minimum Gasteiger partial charge on any atom is -0.393 e. The van der Waals surface area contributed by atoms with Crippen LogP contribution < -0.4 is 0 Å². The third-order valence-corrected chi connectivity index (χ3v) is 5.39. The maximum Gasteiger partial charge on any atom is 0.0604 e. The highest BCUT2D eigenvalue weighted by Gasteiger charge is 2.50. The van der Waals surface area contributed by atoms with Crippen LogP contribution in [-0.2, 0) is 4.74 Å². The molecule has 2 rings (SSSR count). The van der Waals surface area contributed by atoms with Gasteiger partial charge in [-0.3, -0.25) is 4.90 Å². The summed E-state index contributed by atoms with van der Waals surface area (Å²) in [5.41, 5.74) is 0.0864. The molecule has 3 unspecified atom stereocenters. The second kappa shape index (κ2) is 4.77. The number of aliphatic hydroxyl groups is 1. The first-order valence-electron chi connectivity index (χ1n) is 7.29. The summed E-state index contributed by atoms with van der Waals surface area (Å²) in [6.45, 7) is 9.86. The fraction of sp³-hybridized carbons (Fsp3) is 1.00. The zero-order valence-corrected chi connectivity index (χ0v) is 12.6. The molecule has 2 heterocycles. The summed E-state index contributed by atoms with van der Waals surface area (Å²) in [4.78, 5) is 2.44. The standard InChI is InChI=1S/C15H29NO2/c1-14(2)10-13(17)12(15(3,4)16(14)5)9-11-7-6-8-18-11/h11-13,17H,6-10H2,1-5H3. The number of likely N-dealkylation sites (tertiary alicyclic amines) is 1. The monoisotopic (exact) mass is 255 g/mol. The van der Waals surface area contributed by atoms with Crippen LogP contribution in [0.2, 0.25) is 0 Å². The van der Waals surface area contributed by atoms with Gasteiger partial charge in [-0.05, 0) is 60.4 Å². The number of hydrogen-bond donors (Lipinski definition) is 1. The van der Waals surface area contributed by atoms with Gasteiger partial charge in [0.2, 0.25) is 0 Å².